The smallest absolute Gasteiger partial charge is 0.206 e. The molecule has 0 bridgehead atoms. The molecule has 1 saturated heterocycles. The summed E-state index contributed by atoms with van der Waals surface area (Å²) in [5.74, 6) is 2.57. The van der Waals surface area contributed by atoms with Gasteiger partial charge in [0.15, 0.2) is 5.82 Å². The van der Waals surface area contributed by atoms with Gasteiger partial charge in [-0.2, -0.15) is 5.10 Å². The Bertz CT molecular complexity index is 1700. The fourth-order valence-corrected chi connectivity index (χ4v) is 5.42. The van der Waals surface area contributed by atoms with Crippen molar-refractivity contribution in [2.75, 3.05) is 31.7 Å². The fourth-order valence-electron chi connectivity index (χ4n) is 5.42. The largest absolute Gasteiger partial charge is 0.496 e. The molecule has 39 heavy (non-hydrogen) atoms. The number of nitrogens with zero attached hydrogens (tertiary/aromatic N) is 8. The van der Waals surface area contributed by atoms with Gasteiger partial charge < -0.3 is 18.9 Å². The van der Waals surface area contributed by atoms with Gasteiger partial charge in [0.1, 0.15) is 11.3 Å². The number of rotatable bonds is 5. The van der Waals surface area contributed by atoms with Crippen LogP contribution < -0.4 is 9.64 Å². The molecule has 0 atom stereocenters. The van der Waals surface area contributed by atoms with Gasteiger partial charge in [-0.15, -0.1) is 0 Å². The van der Waals surface area contributed by atoms with Gasteiger partial charge in [-0.05, 0) is 38.8 Å². The number of morpholine rings is 1. The van der Waals surface area contributed by atoms with Crippen LogP contribution in [0.5, 0.6) is 5.75 Å². The van der Waals surface area contributed by atoms with Crippen molar-refractivity contribution in [3.63, 3.8) is 0 Å². The molecule has 10 heteroatoms. The first kappa shape index (κ1) is 25.2. The highest BCUT2D eigenvalue weighted by molar-refractivity contribution is 5.88. The van der Waals surface area contributed by atoms with Crippen molar-refractivity contribution in [1.29, 1.82) is 0 Å². The van der Waals surface area contributed by atoms with E-state index >= 15 is 0 Å². The van der Waals surface area contributed by atoms with Gasteiger partial charge in [0, 0.05) is 49.7 Å². The first-order valence-corrected chi connectivity index (χ1v) is 13.3. The standard InChI is InChI=1S/C29H34N8O2/c1-17(2)26-27-23(35(6)28(34-27)36-10-11-39-29(4,5)16-36)13-25(33-26)37-22-12-21(32-18(3)19(22)15-31-37)20-14-30-9-8-24(20)38-7/h8-9,12-15,17H,10-11,16H2,1-7H3. The van der Waals surface area contributed by atoms with Crippen molar-refractivity contribution in [2.45, 2.75) is 46.1 Å². The molecule has 0 radical (unpaired) electrons. The van der Waals surface area contributed by atoms with Crippen molar-refractivity contribution < 1.29 is 9.47 Å². The number of anilines is 1. The van der Waals surface area contributed by atoms with E-state index < -0.39 is 0 Å². The van der Waals surface area contributed by atoms with E-state index in [1.807, 2.05) is 29.9 Å². The Hall–Kier alpha value is -4.05. The molecule has 0 aliphatic carbocycles. The summed E-state index contributed by atoms with van der Waals surface area (Å²) in [6, 6.07) is 5.95. The Kier molecular flexibility index (Phi) is 6.02. The summed E-state index contributed by atoms with van der Waals surface area (Å²) in [6.45, 7) is 12.8. The van der Waals surface area contributed by atoms with Crippen LogP contribution in [0.1, 0.15) is 45.0 Å². The van der Waals surface area contributed by atoms with Crippen LogP contribution in [0.3, 0.4) is 0 Å². The van der Waals surface area contributed by atoms with E-state index in [1.54, 1.807) is 19.5 Å². The molecule has 5 aromatic heterocycles. The number of fused-ring (bicyclic) bond motifs is 2. The molecule has 6 heterocycles. The minimum absolute atomic E-state index is 0.178. The van der Waals surface area contributed by atoms with Crippen LogP contribution in [0.4, 0.5) is 5.95 Å². The molecule has 0 unspecified atom stereocenters. The van der Waals surface area contributed by atoms with E-state index in [2.05, 4.69) is 55.3 Å². The van der Waals surface area contributed by atoms with Gasteiger partial charge >= 0.3 is 0 Å². The van der Waals surface area contributed by atoms with Crippen LogP contribution in [0.2, 0.25) is 0 Å². The monoisotopic (exact) mass is 526 g/mol. The van der Waals surface area contributed by atoms with Crippen molar-refractivity contribution >= 4 is 27.9 Å². The average molecular weight is 527 g/mol. The number of imidazole rings is 1. The highest BCUT2D eigenvalue weighted by atomic mass is 16.5. The summed E-state index contributed by atoms with van der Waals surface area (Å²) >= 11 is 0. The lowest BCUT2D eigenvalue weighted by Crippen LogP contribution is -2.49. The van der Waals surface area contributed by atoms with Crippen LogP contribution >= 0.6 is 0 Å². The molecule has 10 nitrogen and oxygen atoms in total. The number of methoxy groups -OCH3 is 1. The van der Waals surface area contributed by atoms with E-state index in [0.29, 0.717) is 6.61 Å². The lowest BCUT2D eigenvalue weighted by atomic mass is 10.1. The summed E-state index contributed by atoms with van der Waals surface area (Å²) in [6.07, 6.45) is 5.34. The Labute approximate surface area is 227 Å². The van der Waals surface area contributed by atoms with Gasteiger partial charge in [-0.1, -0.05) is 13.8 Å². The minimum Gasteiger partial charge on any atom is -0.496 e. The van der Waals surface area contributed by atoms with Crippen molar-refractivity contribution in [3.8, 4) is 22.8 Å². The molecule has 0 aromatic carbocycles. The van der Waals surface area contributed by atoms with Crippen molar-refractivity contribution in [1.82, 2.24) is 34.3 Å². The van der Waals surface area contributed by atoms with Crippen LogP contribution in [0.15, 0.2) is 36.8 Å². The number of hydrogen-bond donors (Lipinski definition) is 0. The zero-order valence-corrected chi connectivity index (χ0v) is 23.6. The highest BCUT2D eigenvalue weighted by Crippen LogP contribution is 2.34. The Morgan fingerprint density at radius 2 is 1.90 bits per heavy atom. The van der Waals surface area contributed by atoms with E-state index in [-0.39, 0.29) is 11.5 Å². The third-order valence-corrected chi connectivity index (χ3v) is 7.37. The van der Waals surface area contributed by atoms with Gasteiger partial charge in [0.05, 0.1) is 53.5 Å². The molecule has 0 amide bonds. The second-order valence-corrected chi connectivity index (χ2v) is 11.0. The Morgan fingerprint density at radius 1 is 1.08 bits per heavy atom. The fraction of sp³-hybridized carbons (Fsp3) is 0.414. The molecule has 1 aliphatic heterocycles. The second-order valence-electron chi connectivity index (χ2n) is 11.0. The molecular formula is C29H34N8O2. The first-order chi connectivity index (χ1) is 18.7. The summed E-state index contributed by atoms with van der Waals surface area (Å²) in [4.78, 5) is 21.7. The SMILES string of the molecule is COc1ccncc1-c1cc2c(cnn2-c2cc3c(nc(N4CCOC(C)(C)C4)n3C)c(C(C)C)n2)c(C)n1. The molecular weight excluding hydrogens is 492 g/mol. The van der Waals surface area contributed by atoms with Gasteiger partial charge in [-0.25, -0.2) is 14.6 Å². The van der Waals surface area contributed by atoms with Crippen LogP contribution in [0, 0.1) is 6.92 Å². The second kappa shape index (κ2) is 9.30. The van der Waals surface area contributed by atoms with Crippen LogP contribution in [0.25, 0.3) is 39.0 Å². The predicted octanol–water partition coefficient (Wildman–Crippen LogP) is 4.82. The zero-order chi connectivity index (χ0) is 27.5. The quantitative estimate of drug-likeness (QED) is 0.322. The summed E-state index contributed by atoms with van der Waals surface area (Å²) in [7, 11) is 3.73. The summed E-state index contributed by atoms with van der Waals surface area (Å²) < 4.78 is 15.6. The minimum atomic E-state index is -0.227. The molecule has 6 rings (SSSR count). The van der Waals surface area contributed by atoms with E-state index in [1.165, 1.54) is 0 Å². The average Bonchev–Trinajstić information content (AvgIpc) is 3.49. The van der Waals surface area contributed by atoms with Crippen LogP contribution in [-0.2, 0) is 11.8 Å². The summed E-state index contributed by atoms with van der Waals surface area (Å²) in [5.41, 5.74) is 6.06. The molecule has 1 aliphatic rings. The molecule has 5 aromatic rings. The molecule has 0 saturated carbocycles. The number of aromatic nitrogens is 7. The first-order valence-electron chi connectivity index (χ1n) is 13.3. The number of ether oxygens (including phenoxy) is 2. The third-order valence-electron chi connectivity index (χ3n) is 7.37. The molecule has 0 N–H and O–H groups in total. The maximum atomic E-state index is 5.95. The van der Waals surface area contributed by atoms with Crippen molar-refractivity contribution in [2.24, 2.45) is 7.05 Å². The molecule has 202 valence electrons. The molecule has 1 fully saturated rings. The predicted molar refractivity (Wildman–Crippen MR) is 152 cm³/mol. The van der Waals surface area contributed by atoms with Gasteiger partial charge in [0.25, 0.3) is 0 Å². The van der Waals surface area contributed by atoms with Gasteiger partial charge in [0.2, 0.25) is 5.95 Å². The van der Waals surface area contributed by atoms with E-state index in [4.69, 9.17) is 29.5 Å². The number of aryl methyl sites for hydroxylation is 2. The zero-order valence-electron chi connectivity index (χ0n) is 23.6. The highest BCUT2D eigenvalue weighted by Gasteiger charge is 2.30. The maximum Gasteiger partial charge on any atom is 0.206 e. The normalized spacial score (nSPS) is 15.5. The van der Waals surface area contributed by atoms with E-state index in [0.717, 1.165) is 75.2 Å². The number of pyridine rings is 3. The van der Waals surface area contributed by atoms with Crippen molar-refractivity contribution in [3.05, 3.63) is 48.2 Å². The Balaban J connectivity index is 1.53. The van der Waals surface area contributed by atoms with E-state index in [9.17, 15) is 0 Å². The third kappa shape index (κ3) is 4.28. The Morgan fingerprint density at radius 3 is 2.64 bits per heavy atom. The maximum absolute atomic E-state index is 5.95. The lowest BCUT2D eigenvalue weighted by Gasteiger charge is -2.38. The van der Waals surface area contributed by atoms with Gasteiger partial charge in [-0.3, -0.25) is 9.97 Å². The van der Waals surface area contributed by atoms with Crippen LogP contribution in [-0.4, -0.2) is 66.7 Å². The number of hydrogen-bond acceptors (Lipinski definition) is 8. The molecule has 0 spiro atoms. The lowest BCUT2D eigenvalue weighted by molar-refractivity contribution is -0.0282. The topological polar surface area (TPSA) is 96.0 Å². The summed E-state index contributed by atoms with van der Waals surface area (Å²) in [5, 5.41) is 5.74.